The number of fused-ring (bicyclic) bond motifs is 3. The molecular formula is C25H27N3O5S. The summed E-state index contributed by atoms with van der Waals surface area (Å²) in [5.41, 5.74) is 2.70. The zero-order valence-electron chi connectivity index (χ0n) is 19.4. The lowest BCUT2D eigenvalue weighted by molar-refractivity contribution is 0.0694. The number of benzene rings is 1. The third-order valence-electron chi connectivity index (χ3n) is 6.55. The Balaban J connectivity index is 1.62. The molecule has 5 rings (SSSR count). The molecule has 1 N–H and O–H groups in total. The number of hydrogen-bond donors (Lipinski definition) is 1. The quantitative estimate of drug-likeness (QED) is 0.586. The Hall–Kier alpha value is -3.17. The molecule has 0 unspecified atom stereocenters. The first-order chi connectivity index (χ1) is 16.4. The minimum atomic E-state index is -1.23. The molecule has 0 atom stereocenters. The Bertz CT molecular complexity index is 1310. The monoisotopic (exact) mass is 481 g/mol. The van der Waals surface area contributed by atoms with Crippen LogP contribution in [-0.2, 0) is 11.3 Å². The molecule has 4 heterocycles. The first-order valence-electron chi connectivity index (χ1n) is 11.4. The highest BCUT2D eigenvalue weighted by molar-refractivity contribution is 7.15. The van der Waals surface area contributed by atoms with Crippen LogP contribution >= 0.6 is 11.3 Å². The molecule has 2 aromatic heterocycles. The van der Waals surface area contributed by atoms with Gasteiger partial charge in [-0.2, -0.15) is 0 Å². The predicted molar refractivity (Wildman–Crippen MR) is 131 cm³/mol. The third-order valence-corrected chi connectivity index (χ3v) is 7.74. The molecule has 178 valence electrons. The molecule has 0 bridgehead atoms. The number of thiazole rings is 1. The minimum Gasteiger partial charge on any atom is -0.496 e. The Labute approximate surface area is 201 Å². The smallest absolute Gasteiger partial charge is 0.341 e. The van der Waals surface area contributed by atoms with Crippen molar-refractivity contribution >= 4 is 17.3 Å². The van der Waals surface area contributed by atoms with Crippen molar-refractivity contribution in [3.63, 3.8) is 0 Å². The lowest BCUT2D eigenvalue weighted by Crippen LogP contribution is -2.44. The lowest BCUT2D eigenvalue weighted by Gasteiger charge is -2.38. The molecule has 0 amide bonds. The number of rotatable bonds is 5. The average molecular weight is 482 g/mol. The molecule has 0 spiro atoms. The molecule has 0 radical (unpaired) electrons. The third kappa shape index (κ3) is 3.88. The topological polar surface area (TPSA) is 93.9 Å². The maximum absolute atomic E-state index is 12.6. The van der Waals surface area contributed by atoms with E-state index >= 15 is 0 Å². The molecular weight excluding hydrogens is 454 g/mol. The van der Waals surface area contributed by atoms with E-state index in [9.17, 15) is 14.7 Å². The summed E-state index contributed by atoms with van der Waals surface area (Å²) in [6.45, 7) is 6.22. The van der Waals surface area contributed by atoms with Gasteiger partial charge >= 0.3 is 5.97 Å². The van der Waals surface area contributed by atoms with Crippen molar-refractivity contribution in [2.75, 3.05) is 25.3 Å². The SMILES string of the molecule is COc1cc2c(cc1-c1ncc(C3CCOCC3)s1)CN(C(C)C)n1cc(C(=O)O)c(=O)cc1-2. The van der Waals surface area contributed by atoms with Crippen LogP contribution in [0, 0.1) is 0 Å². The second kappa shape index (κ2) is 8.88. The summed E-state index contributed by atoms with van der Waals surface area (Å²) in [5.74, 6) is -0.0833. The van der Waals surface area contributed by atoms with Crippen LogP contribution in [0.1, 0.15) is 53.4 Å². The number of carboxylic acids is 1. The van der Waals surface area contributed by atoms with Crippen molar-refractivity contribution < 1.29 is 19.4 Å². The first-order valence-corrected chi connectivity index (χ1v) is 12.2. The van der Waals surface area contributed by atoms with Crippen molar-refractivity contribution in [3.8, 4) is 27.6 Å². The fourth-order valence-electron chi connectivity index (χ4n) is 4.69. The maximum Gasteiger partial charge on any atom is 0.341 e. The number of hydrogen-bond acceptors (Lipinski definition) is 7. The molecule has 0 aliphatic carbocycles. The minimum absolute atomic E-state index is 0.0848. The second-order valence-corrected chi connectivity index (χ2v) is 10.0. The second-order valence-electron chi connectivity index (χ2n) is 8.94. The largest absolute Gasteiger partial charge is 0.496 e. The highest BCUT2D eigenvalue weighted by Crippen LogP contribution is 2.42. The Morgan fingerprint density at radius 1 is 1.24 bits per heavy atom. The van der Waals surface area contributed by atoms with E-state index in [1.165, 1.54) is 17.1 Å². The summed E-state index contributed by atoms with van der Waals surface area (Å²) in [6.07, 6.45) is 5.41. The fraction of sp³-hybridized carbons (Fsp3) is 0.400. The van der Waals surface area contributed by atoms with E-state index in [0.29, 0.717) is 23.9 Å². The van der Waals surface area contributed by atoms with Gasteiger partial charge in [0.2, 0.25) is 0 Å². The van der Waals surface area contributed by atoms with Gasteiger partial charge in [-0.15, -0.1) is 11.3 Å². The van der Waals surface area contributed by atoms with E-state index in [1.54, 1.807) is 23.1 Å². The van der Waals surface area contributed by atoms with Crippen LogP contribution in [0.4, 0.5) is 0 Å². The van der Waals surface area contributed by atoms with Gasteiger partial charge in [0.05, 0.1) is 24.9 Å². The van der Waals surface area contributed by atoms with Gasteiger partial charge in [-0.1, -0.05) is 0 Å². The van der Waals surface area contributed by atoms with E-state index in [4.69, 9.17) is 14.5 Å². The summed E-state index contributed by atoms with van der Waals surface area (Å²) >= 11 is 1.69. The highest BCUT2D eigenvalue weighted by atomic mass is 32.1. The van der Waals surface area contributed by atoms with Crippen LogP contribution in [0.3, 0.4) is 0 Å². The lowest BCUT2D eigenvalue weighted by atomic mass is 9.97. The standard InChI is InChI=1S/C25H27N3O5S/c1-14(2)27-12-16-8-18(24-26-11-23(34-24)15-4-6-33-7-5-15)22(32-3)9-17(16)20-10-21(29)19(25(30)31)13-28(20)27/h8-11,13-15H,4-7,12H2,1-3H3,(H,30,31). The fourth-order valence-corrected chi connectivity index (χ4v) is 5.80. The summed E-state index contributed by atoms with van der Waals surface area (Å²) < 4.78 is 13.0. The van der Waals surface area contributed by atoms with Crippen LogP contribution in [0.25, 0.3) is 21.8 Å². The van der Waals surface area contributed by atoms with Gasteiger partial charge < -0.3 is 19.6 Å². The van der Waals surface area contributed by atoms with Crippen LogP contribution < -0.4 is 15.2 Å². The normalized spacial score (nSPS) is 15.8. The van der Waals surface area contributed by atoms with E-state index in [-0.39, 0.29) is 11.6 Å². The van der Waals surface area contributed by atoms with Gasteiger partial charge in [0.15, 0.2) is 5.43 Å². The number of methoxy groups -OCH3 is 1. The van der Waals surface area contributed by atoms with Crippen molar-refractivity contribution in [2.45, 2.75) is 45.2 Å². The average Bonchev–Trinajstić information content (AvgIpc) is 3.33. The Morgan fingerprint density at radius 2 is 2.00 bits per heavy atom. The van der Waals surface area contributed by atoms with Crippen molar-refractivity contribution in [1.82, 2.24) is 9.66 Å². The van der Waals surface area contributed by atoms with E-state index in [2.05, 4.69) is 11.1 Å². The maximum atomic E-state index is 12.6. The Kier molecular flexibility index (Phi) is 5.91. The predicted octanol–water partition coefficient (Wildman–Crippen LogP) is 4.10. The van der Waals surface area contributed by atoms with Gasteiger partial charge in [-0.05, 0) is 50.3 Å². The molecule has 9 heteroatoms. The Morgan fingerprint density at radius 3 is 2.68 bits per heavy atom. The van der Waals surface area contributed by atoms with Crippen molar-refractivity contribution in [2.24, 2.45) is 0 Å². The molecule has 8 nitrogen and oxygen atoms in total. The number of carbonyl (C=O) groups is 1. The number of aromatic carboxylic acids is 1. The van der Waals surface area contributed by atoms with Crippen molar-refractivity contribution in [3.05, 3.63) is 56.8 Å². The van der Waals surface area contributed by atoms with E-state index < -0.39 is 11.4 Å². The van der Waals surface area contributed by atoms with Crippen LogP contribution in [0.2, 0.25) is 0 Å². The number of carboxylic acid groups (broad SMARTS) is 1. The molecule has 2 aliphatic rings. The van der Waals surface area contributed by atoms with E-state index in [1.807, 2.05) is 26.1 Å². The van der Waals surface area contributed by atoms with Crippen LogP contribution in [0.5, 0.6) is 5.75 Å². The molecule has 2 aliphatic heterocycles. The molecule has 34 heavy (non-hydrogen) atoms. The number of ether oxygens (including phenoxy) is 2. The summed E-state index contributed by atoms with van der Waals surface area (Å²) in [5, 5.41) is 12.4. The number of aromatic nitrogens is 2. The van der Waals surface area contributed by atoms with Gasteiger partial charge in [0.1, 0.15) is 16.3 Å². The first kappa shape index (κ1) is 22.6. The van der Waals surface area contributed by atoms with Crippen molar-refractivity contribution in [1.29, 1.82) is 0 Å². The van der Waals surface area contributed by atoms with Gasteiger partial charge in [0, 0.05) is 48.2 Å². The summed E-state index contributed by atoms with van der Waals surface area (Å²) in [4.78, 5) is 30.1. The zero-order valence-corrected chi connectivity index (χ0v) is 20.2. The molecule has 1 aromatic carbocycles. The van der Waals surface area contributed by atoms with Crippen LogP contribution in [0.15, 0.2) is 35.4 Å². The summed E-state index contributed by atoms with van der Waals surface area (Å²) in [6, 6.07) is 5.52. The number of nitrogens with zero attached hydrogens (tertiary/aromatic N) is 3. The van der Waals surface area contributed by atoms with E-state index in [0.717, 1.165) is 47.8 Å². The van der Waals surface area contributed by atoms with Crippen LogP contribution in [-0.4, -0.2) is 47.1 Å². The molecule has 1 saturated heterocycles. The highest BCUT2D eigenvalue weighted by Gasteiger charge is 2.28. The molecule has 1 fully saturated rings. The summed E-state index contributed by atoms with van der Waals surface area (Å²) in [7, 11) is 1.63. The van der Waals surface area contributed by atoms with Gasteiger partial charge in [0.25, 0.3) is 0 Å². The number of pyridine rings is 1. The van der Waals surface area contributed by atoms with Gasteiger partial charge in [-0.3, -0.25) is 9.47 Å². The zero-order chi connectivity index (χ0) is 24.0. The molecule has 3 aromatic rings. The van der Waals surface area contributed by atoms with Gasteiger partial charge in [-0.25, -0.2) is 9.78 Å². The molecule has 0 saturated carbocycles.